The maximum Gasteiger partial charge on any atom is 0.355 e. The fourth-order valence-electron chi connectivity index (χ4n) is 6.08. The van der Waals surface area contributed by atoms with Gasteiger partial charge in [-0.15, -0.1) is 6.58 Å². The number of carbonyl (C=O) groups excluding carboxylic acids is 4. The summed E-state index contributed by atoms with van der Waals surface area (Å²) in [6.45, 7) is 16.0. The Morgan fingerprint density at radius 1 is 1.22 bits per heavy atom. The monoisotopic (exact) mass is 578 g/mol. The van der Waals surface area contributed by atoms with Gasteiger partial charge in [-0.1, -0.05) is 46.6 Å². The fraction of sp³-hybridized carbons (Fsp3) is 0.800. The molecular weight excluding hydrogens is 528 g/mol. The molecule has 11 heteroatoms. The summed E-state index contributed by atoms with van der Waals surface area (Å²) in [6, 6.07) is -1.85. The number of hydrogen-bond donors (Lipinski definition) is 3. The van der Waals surface area contributed by atoms with Gasteiger partial charge in [0.1, 0.15) is 18.2 Å². The average molecular weight is 579 g/mol. The first-order valence-electron chi connectivity index (χ1n) is 14.9. The van der Waals surface area contributed by atoms with Crippen molar-refractivity contribution >= 4 is 23.7 Å². The third kappa shape index (κ3) is 8.08. The van der Waals surface area contributed by atoms with E-state index in [0.29, 0.717) is 24.5 Å². The molecule has 3 N–H and O–H groups in total. The molecule has 1 aliphatic carbocycles. The minimum atomic E-state index is -2.07. The van der Waals surface area contributed by atoms with E-state index < -0.39 is 41.7 Å². The normalized spacial score (nSPS) is 27.6. The third-order valence-electron chi connectivity index (χ3n) is 8.15. The van der Waals surface area contributed by atoms with Gasteiger partial charge in [0.2, 0.25) is 11.6 Å². The van der Waals surface area contributed by atoms with E-state index in [0.717, 1.165) is 19.3 Å². The van der Waals surface area contributed by atoms with Gasteiger partial charge >= 0.3 is 5.97 Å². The zero-order valence-electron chi connectivity index (χ0n) is 25.8. The van der Waals surface area contributed by atoms with Crippen LogP contribution in [0.3, 0.4) is 0 Å². The van der Waals surface area contributed by atoms with Gasteiger partial charge < -0.3 is 24.8 Å². The summed E-state index contributed by atoms with van der Waals surface area (Å²) in [4.78, 5) is 55.0. The van der Waals surface area contributed by atoms with E-state index in [9.17, 15) is 24.3 Å². The quantitative estimate of drug-likeness (QED) is 0.265. The molecule has 0 radical (unpaired) electrons. The van der Waals surface area contributed by atoms with Gasteiger partial charge in [-0.3, -0.25) is 19.4 Å². The van der Waals surface area contributed by atoms with Crippen LogP contribution in [0.15, 0.2) is 12.2 Å². The molecule has 0 aromatic heterocycles. The zero-order chi connectivity index (χ0) is 30.7. The molecule has 0 aromatic rings. The number of amides is 3. The predicted molar refractivity (Wildman–Crippen MR) is 153 cm³/mol. The van der Waals surface area contributed by atoms with Crippen LogP contribution >= 0.6 is 0 Å². The number of aliphatic hydroxyl groups is 1. The van der Waals surface area contributed by atoms with Crippen molar-refractivity contribution in [3.8, 4) is 0 Å². The van der Waals surface area contributed by atoms with Gasteiger partial charge in [0, 0.05) is 20.0 Å². The van der Waals surface area contributed by atoms with Crippen molar-refractivity contribution in [2.45, 2.75) is 104 Å². The predicted octanol–water partition coefficient (Wildman–Crippen LogP) is 2.14. The number of ether oxygens (including phenoxy) is 2. The lowest BCUT2D eigenvalue weighted by atomic mass is 9.92. The molecule has 2 saturated heterocycles. The molecule has 0 spiro atoms. The van der Waals surface area contributed by atoms with Crippen LogP contribution in [-0.4, -0.2) is 89.4 Å². The fourth-order valence-corrected chi connectivity index (χ4v) is 6.08. The molecule has 3 fully saturated rings. The van der Waals surface area contributed by atoms with E-state index in [2.05, 4.69) is 17.3 Å². The SMILES string of the molecule is C=C(C)C[C@H](NC(=O)[C@H](C(C)C)N(C)C(=O)[C@@H]1OC[C@@H]2CCC[C@@H]21)C(=O)N1CCCC(O)(C(=O)OCC(C)(C)C)N1. The summed E-state index contributed by atoms with van der Waals surface area (Å²) in [7, 11) is 1.61. The van der Waals surface area contributed by atoms with Crippen molar-refractivity contribution in [3.05, 3.63) is 12.2 Å². The summed E-state index contributed by atoms with van der Waals surface area (Å²) in [5, 5.41) is 15.0. The summed E-state index contributed by atoms with van der Waals surface area (Å²) in [5.74, 6) is -1.72. The van der Waals surface area contributed by atoms with Crippen molar-refractivity contribution < 1.29 is 33.8 Å². The Kier molecular flexibility index (Phi) is 10.6. The van der Waals surface area contributed by atoms with Gasteiger partial charge in [-0.05, 0) is 55.8 Å². The minimum Gasteiger partial charge on any atom is -0.462 e. The molecule has 1 unspecified atom stereocenters. The highest BCUT2D eigenvalue weighted by molar-refractivity contribution is 5.93. The lowest BCUT2D eigenvalue weighted by Gasteiger charge is -2.40. The number of nitrogens with zero attached hydrogens (tertiary/aromatic N) is 2. The first-order valence-corrected chi connectivity index (χ1v) is 14.9. The second-order valence-corrected chi connectivity index (χ2v) is 13.7. The average Bonchev–Trinajstić information content (AvgIpc) is 3.49. The summed E-state index contributed by atoms with van der Waals surface area (Å²) in [6.07, 6.45) is 3.11. The minimum absolute atomic E-state index is 0.0741. The molecule has 6 atom stereocenters. The first kappa shape index (κ1) is 33.0. The molecule has 2 heterocycles. The van der Waals surface area contributed by atoms with Crippen LogP contribution in [-0.2, 0) is 28.7 Å². The second-order valence-electron chi connectivity index (χ2n) is 13.7. The Hall–Kier alpha value is -2.50. The van der Waals surface area contributed by atoms with Crippen LogP contribution in [0.2, 0.25) is 0 Å². The molecule has 2 aliphatic heterocycles. The lowest BCUT2D eigenvalue weighted by molar-refractivity contribution is -0.189. The largest absolute Gasteiger partial charge is 0.462 e. The smallest absolute Gasteiger partial charge is 0.355 e. The molecule has 0 bridgehead atoms. The second kappa shape index (κ2) is 13.2. The van der Waals surface area contributed by atoms with Crippen LogP contribution < -0.4 is 10.7 Å². The molecular formula is C30H50N4O7. The standard InChI is InChI=1S/C30H50N4O7/c1-18(2)15-22(26(36)34-14-10-13-30(39,32-34)28(38)41-17-29(5,6)7)31-25(35)23(19(3)4)33(8)27(37)24-21-12-9-11-20(21)16-40-24/h19-24,32,39H,1,9-17H2,2-8H3,(H,31,35)/t20-,21-,22-,23-,24+,30?/m0/s1. The third-order valence-corrected chi connectivity index (χ3v) is 8.15. The van der Waals surface area contributed by atoms with Crippen molar-refractivity contribution in [1.82, 2.24) is 20.7 Å². The molecule has 41 heavy (non-hydrogen) atoms. The number of hydrogen-bond acceptors (Lipinski definition) is 8. The Bertz CT molecular complexity index is 1010. The molecule has 11 nitrogen and oxygen atoms in total. The Morgan fingerprint density at radius 3 is 2.51 bits per heavy atom. The molecule has 3 aliphatic rings. The number of rotatable bonds is 10. The number of hydrazine groups is 1. The first-order chi connectivity index (χ1) is 19.0. The van der Waals surface area contributed by atoms with E-state index in [1.54, 1.807) is 14.0 Å². The van der Waals surface area contributed by atoms with E-state index in [1.807, 2.05) is 34.6 Å². The van der Waals surface area contributed by atoms with Crippen LogP contribution in [0, 0.1) is 23.2 Å². The van der Waals surface area contributed by atoms with Gasteiger partial charge in [0.15, 0.2) is 0 Å². The summed E-state index contributed by atoms with van der Waals surface area (Å²) < 4.78 is 11.2. The number of esters is 1. The highest BCUT2D eigenvalue weighted by Crippen LogP contribution is 2.41. The van der Waals surface area contributed by atoms with E-state index >= 15 is 0 Å². The van der Waals surface area contributed by atoms with Crippen LogP contribution in [0.25, 0.3) is 0 Å². The van der Waals surface area contributed by atoms with Gasteiger partial charge in [-0.2, -0.15) is 5.43 Å². The molecule has 3 rings (SSSR count). The topological polar surface area (TPSA) is 138 Å². The number of carbonyl (C=O) groups is 4. The summed E-state index contributed by atoms with van der Waals surface area (Å²) in [5.41, 5.74) is 0.951. The number of nitrogens with one attached hydrogen (secondary N) is 2. The highest BCUT2D eigenvalue weighted by Gasteiger charge is 2.47. The van der Waals surface area contributed by atoms with E-state index in [1.165, 1.54) is 9.91 Å². The lowest BCUT2D eigenvalue weighted by Crippen LogP contribution is -2.67. The van der Waals surface area contributed by atoms with Crippen LogP contribution in [0.4, 0.5) is 0 Å². The van der Waals surface area contributed by atoms with E-state index in [-0.39, 0.29) is 49.2 Å². The zero-order valence-corrected chi connectivity index (χ0v) is 25.8. The van der Waals surface area contributed by atoms with Gasteiger partial charge in [0.05, 0.1) is 13.2 Å². The van der Waals surface area contributed by atoms with Crippen molar-refractivity contribution in [2.24, 2.45) is 23.2 Å². The molecule has 1 saturated carbocycles. The van der Waals surface area contributed by atoms with E-state index in [4.69, 9.17) is 9.47 Å². The van der Waals surface area contributed by atoms with Gasteiger partial charge in [0.25, 0.3) is 11.8 Å². The Labute approximate surface area is 244 Å². The summed E-state index contributed by atoms with van der Waals surface area (Å²) >= 11 is 0. The van der Waals surface area contributed by atoms with Gasteiger partial charge in [-0.25, -0.2) is 4.79 Å². The molecule has 232 valence electrons. The highest BCUT2D eigenvalue weighted by atomic mass is 16.6. The Balaban J connectivity index is 1.72. The maximum atomic E-state index is 13.7. The Morgan fingerprint density at radius 2 is 1.90 bits per heavy atom. The molecule has 0 aromatic carbocycles. The number of likely N-dealkylation sites (N-methyl/N-ethyl adjacent to an activating group) is 1. The van der Waals surface area contributed by atoms with Crippen molar-refractivity contribution in [1.29, 1.82) is 0 Å². The van der Waals surface area contributed by atoms with Crippen molar-refractivity contribution in [3.63, 3.8) is 0 Å². The van der Waals surface area contributed by atoms with Crippen LogP contribution in [0.1, 0.15) is 80.1 Å². The van der Waals surface area contributed by atoms with Crippen LogP contribution in [0.5, 0.6) is 0 Å². The van der Waals surface area contributed by atoms with Crippen molar-refractivity contribution in [2.75, 3.05) is 26.8 Å². The maximum absolute atomic E-state index is 13.7. The molecule has 3 amide bonds. The number of fused-ring (bicyclic) bond motifs is 1.